The number of hydrogen-bond donors (Lipinski definition) is 0. The lowest BCUT2D eigenvalue weighted by Gasteiger charge is -2.27. The van der Waals surface area contributed by atoms with Crippen molar-refractivity contribution in [3.63, 3.8) is 0 Å². The maximum Gasteiger partial charge on any atom is 0.417 e. The Morgan fingerprint density at radius 3 is 2.38 bits per heavy atom. The predicted molar refractivity (Wildman–Crippen MR) is 130 cm³/mol. The van der Waals surface area contributed by atoms with Crippen LogP contribution in [-0.4, -0.2) is 34.6 Å². The number of amides is 3. The number of halogens is 2. The quantitative estimate of drug-likeness (QED) is 0.422. The lowest BCUT2D eigenvalue weighted by Crippen LogP contribution is -2.39. The Hall–Kier alpha value is -4.01. The molecule has 37 heavy (non-hydrogen) atoms. The summed E-state index contributed by atoms with van der Waals surface area (Å²) >= 11 is 0. The monoisotopic (exact) mass is 508 g/mol. The maximum atomic E-state index is 14.5. The van der Waals surface area contributed by atoms with Crippen molar-refractivity contribution in [1.29, 1.82) is 0 Å². The van der Waals surface area contributed by atoms with Gasteiger partial charge < -0.3 is 9.47 Å². The third kappa shape index (κ3) is 4.18. The zero-order valence-corrected chi connectivity index (χ0v) is 20.8. The average Bonchev–Trinajstić information content (AvgIpc) is 3.40. The third-order valence-electron chi connectivity index (χ3n) is 6.64. The topological polar surface area (TPSA) is 76.2 Å². The van der Waals surface area contributed by atoms with Gasteiger partial charge in [0, 0.05) is 11.5 Å². The lowest BCUT2D eigenvalue weighted by molar-refractivity contribution is -0.125. The van der Waals surface area contributed by atoms with Crippen molar-refractivity contribution >= 4 is 23.6 Å². The molecule has 5 rings (SSSR count). The fraction of sp³-hybridized carbons (Fsp3) is 0.321. The fourth-order valence-electron chi connectivity index (χ4n) is 5.10. The number of anilines is 1. The molecule has 0 saturated carbocycles. The molecule has 9 heteroatoms. The van der Waals surface area contributed by atoms with Crippen LogP contribution in [0.1, 0.15) is 44.9 Å². The fourth-order valence-corrected chi connectivity index (χ4v) is 5.10. The molecule has 7 nitrogen and oxygen atoms in total. The molecule has 3 unspecified atom stereocenters. The highest BCUT2D eigenvalue weighted by atomic mass is 19.1. The first kappa shape index (κ1) is 24.7. The van der Waals surface area contributed by atoms with E-state index in [2.05, 4.69) is 0 Å². The normalized spacial score (nSPS) is 23.9. The number of rotatable bonds is 3. The zero-order chi connectivity index (χ0) is 26.6. The van der Waals surface area contributed by atoms with Crippen molar-refractivity contribution in [3.05, 3.63) is 88.7 Å². The van der Waals surface area contributed by atoms with Gasteiger partial charge in [-0.2, -0.15) is 0 Å². The molecule has 0 bridgehead atoms. The summed E-state index contributed by atoms with van der Waals surface area (Å²) in [5.41, 5.74) is 0.938. The molecule has 2 aromatic rings. The van der Waals surface area contributed by atoms with Gasteiger partial charge in [-0.15, -0.1) is 0 Å². The minimum atomic E-state index is -1.18. The van der Waals surface area contributed by atoms with Crippen molar-refractivity contribution in [1.82, 2.24) is 4.90 Å². The number of likely N-dealkylation sites (tertiary alicyclic amines) is 1. The summed E-state index contributed by atoms with van der Waals surface area (Å²) < 4.78 is 40.5. The Balaban J connectivity index is 1.50. The highest BCUT2D eigenvalue weighted by Crippen LogP contribution is 2.50. The summed E-state index contributed by atoms with van der Waals surface area (Å²) in [4.78, 5) is 41.4. The Kier molecular flexibility index (Phi) is 5.89. The van der Waals surface area contributed by atoms with Crippen LogP contribution in [0.3, 0.4) is 0 Å². The summed E-state index contributed by atoms with van der Waals surface area (Å²) in [6.07, 6.45) is 1.17. The van der Waals surface area contributed by atoms with Crippen molar-refractivity contribution in [2.45, 2.75) is 52.0 Å². The Bertz CT molecular complexity index is 1360. The number of fused-ring (bicyclic) bond motifs is 3. The van der Waals surface area contributed by atoms with Crippen LogP contribution in [-0.2, 0) is 25.5 Å². The number of nitrogens with zero attached hydrogens (tertiary/aromatic N) is 2. The molecular formula is C28H26F2N2O5. The van der Waals surface area contributed by atoms with Gasteiger partial charge in [0.05, 0.1) is 17.9 Å². The molecule has 2 aliphatic heterocycles. The van der Waals surface area contributed by atoms with Gasteiger partial charge in [-0.1, -0.05) is 30.3 Å². The molecular weight excluding hydrogens is 482 g/mol. The van der Waals surface area contributed by atoms with Crippen LogP contribution in [0.25, 0.3) is 0 Å². The first-order valence-corrected chi connectivity index (χ1v) is 11.9. The number of carbonyl (C=O) groups excluding carboxylic acids is 3. The summed E-state index contributed by atoms with van der Waals surface area (Å²) in [7, 11) is 0. The number of benzene rings is 2. The van der Waals surface area contributed by atoms with Crippen LogP contribution in [0.2, 0.25) is 0 Å². The van der Waals surface area contributed by atoms with Gasteiger partial charge in [0.15, 0.2) is 6.23 Å². The first-order chi connectivity index (χ1) is 17.5. The number of hydrogen-bond acceptors (Lipinski definition) is 5. The van der Waals surface area contributed by atoms with Crippen LogP contribution < -0.4 is 4.90 Å². The first-order valence-electron chi connectivity index (χ1n) is 11.9. The van der Waals surface area contributed by atoms with E-state index >= 15 is 0 Å². The lowest BCUT2D eigenvalue weighted by atomic mass is 9.97. The number of ether oxygens (including phenoxy) is 2. The largest absolute Gasteiger partial charge is 0.474 e. The second kappa shape index (κ2) is 8.83. The van der Waals surface area contributed by atoms with E-state index in [-0.39, 0.29) is 11.1 Å². The number of imide groups is 1. The van der Waals surface area contributed by atoms with E-state index < -0.39 is 59.0 Å². The highest BCUT2D eigenvalue weighted by Gasteiger charge is 2.53. The van der Waals surface area contributed by atoms with Crippen molar-refractivity contribution in [3.8, 4) is 0 Å². The summed E-state index contributed by atoms with van der Waals surface area (Å²) in [5, 5.41) is 0. The predicted octanol–water partition coefficient (Wildman–Crippen LogP) is 5.18. The summed E-state index contributed by atoms with van der Waals surface area (Å²) in [5.74, 6) is -3.44. The molecule has 3 aliphatic rings. The van der Waals surface area contributed by atoms with E-state index in [1.54, 1.807) is 20.8 Å². The van der Waals surface area contributed by atoms with Gasteiger partial charge in [0.25, 0.3) is 11.8 Å². The van der Waals surface area contributed by atoms with Crippen LogP contribution in [0.15, 0.2) is 65.9 Å². The highest BCUT2D eigenvalue weighted by molar-refractivity contribution is 6.09. The molecule has 1 fully saturated rings. The summed E-state index contributed by atoms with van der Waals surface area (Å²) in [6.45, 7) is 6.66. The Morgan fingerprint density at radius 2 is 1.70 bits per heavy atom. The molecule has 2 heterocycles. The van der Waals surface area contributed by atoms with Gasteiger partial charge in [0.1, 0.15) is 22.9 Å². The molecule has 3 amide bonds. The van der Waals surface area contributed by atoms with Gasteiger partial charge in [-0.3, -0.25) is 14.5 Å². The van der Waals surface area contributed by atoms with E-state index in [4.69, 9.17) is 9.47 Å². The van der Waals surface area contributed by atoms with Crippen LogP contribution in [0.5, 0.6) is 0 Å². The van der Waals surface area contributed by atoms with E-state index in [9.17, 15) is 23.2 Å². The molecule has 0 aromatic heterocycles. The third-order valence-corrected chi connectivity index (χ3v) is 6.64. The van der Waals surface area contributed by atoms with E-state index in [0.717, 1.165) is 33.1 Å². The standard InChI is InChI=1S/C28H26F2N2O5/c1-15-12-22(31(25(15)33)24-20(29)10-7-11-21(24)30)36-14-19-18-13-16-8-5-6-9-17(16)23(18)32(26(19)34)27(35)37-28(2,3)4/h5-12,14,18,22-23H,13H2,1-4H3/b19-14+. The number of para-hydroxylation sites is 1. The number of carbonyl (C=O) groups is 3. The molecule has 0 spiro atoms. The SMILES string of the molecule is CC1=CC(O/C=C2/C(=O)N(C(=O)OC(C)(C)C)C3c4ccccc4CC23)N(c2c(F)cccc2F)C1=O. The van der Waals surface area contributed by atoms with Crippen LogP contribution in [0, 0.1) is 17.6 Å². The van der Waals surface area contributed by atoms with E-state index in [1.807, 2.05) is 24.3 Å². The molecule has 1 saturated heterocycles. The molecule has 1 aliphatic carbocycles. The van der Waals surface area contributed by atoms with Gasteiger partial charge in [-0.25, -0.2) is 18.5 Å². The van der Waals surface area contributed by atoms with Crippen molar-refractivity contribution in [2.24, 2.45) is 5.92 Å². The Morgan fingerprint density at radius 1 is 1.03 bits per heavy atom. The van der Waals surface area contributed by atoms with Crippen LogP contribution in [0.4, 0.5) is 19.3 Å². The molecule has 0 N–H and O–H groups in total. The smallest absolute Gasteiger partial charge is 0.417 e. The minimum absolute atomic E-state index is 0.214. The van der Waals surface area contributed by atoms with Crippen molar-refractivity contribution in [2.75, 3.05) is 4.90 Å². The van der Waals surface area contributed by atoms with Crippen LogP contribution >= 0.6 is 0 Å². The van der Waals surface area contributed by atoms with Gasteiger partial charge in [-0.05, 0) is 63.5 Å². The Labute approximate surface area is 212 Å². The minimum Gasteiger partial charge on any atom is -0.474 e. The molecule has 3 atom stereocenters. The second-order valence-electron chi connectivity index (χ2n) is 10.3. The van der Waals surface area contributed by atoms with E-state index in [1.165, 1.54) is 25.3 Å². The molecule has 2 aromatic carbocycles. The molecule has 0 radical (unpaired) electrons. The second-order valence-corrected chi connectivity index (χ2v) is 10.3. The zero-order valence-electron chi connectivity index (χ0n) is 20.8. The maximum absolute atomic E-state index is 14.5. The van der Waals surface area contributed by atoms with Crippen molar-refractivity contribution < 1.29 is 32.6 Å². The van der Waals surface area contributed by atoms with Gasteiger partial charge >= 0.3 is 6.09 Å². The summed E-state index contributed by atoms with van der Waals surface area (Å²) in [6, 6.07) is 10.3. The average molecular weight is 509 g/mol. The van der Waals surface area contributed by atoms with Gasteiger partial charge in [0.2, 0.25) is 0 Å². The molecule has 192 valence electrons. The van der Waals surface area contributed by atoms with E-state index in [0.29, 0.717) is 6.42 Å².